The van der Waals surface area contributed by atoms with Crippen LogP contribution in [-0.4, -0.2) is 33.2 Å². The molecular weight excluding hydrogens is 362 g/mol. The molecule has 3 heterocycles. The summed E-state index contributed by atoms with van der Waals surface area (Å²) in [6, 6.07) is 0.293. The molecule has 136 valence electrons. The molecule has 1 unspecified atom stereocenters. The van der Waals surface area contributed by atoms with Gasteiger partial charge in [-0.2, -0.15) is 4.98 Å². The SMILES string of the molecule is CNC(C)Cc1noc(CCc2nc3sc(C)c(C)c3c(=O)[nH]2)n1.Cl. The quantitative estimate of drug-likeness (QED) is 0.678. The molecule has 2 N–H and O–H groups in total. The molecule has 0 bridgehead atoms. The summed E-state index contributed by atoms with van der Waals surface area (Å²) in [5.74, 6) is 1.90. The Morgan fingerprint density at radius 3 is 2.76 bits per heavy atom. The molecule has 0 spiro atoms. The second-order valence-electron chi connectivity index (χ2n) is 5.97. The summed E-state index contributed by atoms with van der Waals surface area (Å²) in [7, 11) is 1.90. The van der Waals surface area contributed by atoms with Gasteiger partial charge in [0.15, 0.2) is 5.82 Å². The first-order valence-electron chi connectivity index (χ1n) is 7.95. The average molecular weight is 384 g/mol. The lowest BCUT2D eigenvalue weighted by Crippen LogP contribution is -2.24. The van der Waals surface area contributed by atoms with Gasteiger partial charge in [-0.3, -0.25) is 4.79 Å². The predicted molar refractivity (Wildman–Crippen MR) is 101 cm³/mol. The number of likely N-dealkylation sites (N-methyl/N-ethyl adjacent to an activating group) is 1. The molecule has 0 fully saturated rings. The number of fused-ring (bicyclic) bond motifs is 1. The summed E-state index contributed by atoms with van der Waals surface area (Å²) in [4.78, 5) is 26.0. The molecule has 7 nitrogen and oxygen atoms in total. The van der Waals surface area contributed by atoms with E-state index in [9.17, 15) is 4.79 Å². The normalized spacial score (nSPS) is 12.3. The number of hydrogen-bond donors (Lipinski definition) is 2. The van der Waals surface area contributed by atoms with Crippen LogP contribution in [0.5, 0.6) is 0 Å². The smallest absolute Gasteiger partial charge is 0.259 e. The fraction of sp³-hybridized carbons (Fsp3) is 0.500. The van der Waals surface area contributed by atoms with Crippen LogP contribution in [-0.2, 0) is 19.3 Å². The van der Waals surface area contributed by atoms with E-state index in [2.05, 4.69) is 32.3 Å². The van der Waals surface area contributed by atoms with Crippen molar-refractivity contribution in [3.63, 3.8) is 0 Å². The van der Waals surface area contributed by atoms with Gasteiger partial charge in [0, 0.05) is 30.2 Å². The van der Waals surface area contributed by atoms with E-state index >= 15 is 0 Å². The Kier molecular flexibility index (Phi) is 6.31. The lowest BCUT2D eigenvalue weighted by atomic mass is 10.2. The van der Waals surface area contributed by atoms with Crippen molar-refractivity contribution in [3.8, 4) is 0 Å². The van der Waals surface area contributed by atoms with Gasteiger partial charge in [-0.1, -0.05) is 5.16 Å². The highest BCUT2D eigenvalue weighted by Gasteiger charge is 2.13. The van der Waals surface area contributed by atoms with E-state index < -0.39 is 0 Å². The van der Waals surface area contributed by atoms with Crippen molar-refractivity contribution in [2.24, 2.45) is 0 Å². The second kappa shape index (κ2) is 8.07. The van der Waals surface area contributed by atoms with E-state index in [1.165, 1.54) is 0 Å². The maximum atomic E-state index is 12.3. The molecule has 0 amide bonds. The van der Waals surface area contributed by atoms with Gasteiger partial charge in [0.2, 0.25) is 5.89 Å². The summed E-state index contributed by atoms with van der Waals surface area (Å²) in [6.07, 6.45) is 1.83. The minimum atomic E-state index is -0.0779. The van der Waals surface area contributed by atoms with Crippen molar-refractivity contribution >= 4 is 34.0 Å². The van der Waals surface area contributed by atoms with Crippen LogP contribution in [0.15, 0.2) is 9.32 Å². The van der Waals surface area contributed by atoms with E-state index in [4.69, 9.17) is 4.52 Å². The van der Waals surface area contributed by atoms with Gasteiger partial charge in [0.25, 0.3) is 5.56 Å². The van der Waals surface area contributed by atoms with Crippen molar-refractivity contribution in [3.05, 3.63) is 38.3 Å². The van der Waals surface area contributed by atoms with Gasteiger partial charge in [0.05, 0.1) is 5.39 Å². The van der Waals surface area contributed by atoms with Crippen LogP contribution in [0.3, 0.4) is 0 Å². The number of hydrogen-bond acceptors (Lipinski definition) is 7. The van der Waals surface area contributed by atoms with Crippen molar-refractivity contribution < 1.29 is 4.52 Å². The zero-order chi connectivity index (χ0) is 17.3. The molecule has 3 rings (SSSR count). The minimum Gasteiger partial charge on any atom is -0.339 e. The number of halogens is 1. The Hall–Kier alpha value is -1.77. The summed E-state index contributed by atoms with van der Waals surface area (Å²) in [5.41, 5.74) is 0.932. The van der Waals surface area contributed by atoms with Gasteiger partial charge in [-0.25, -0.2) is 4.98 Å². The van der Waals surface area contributed by atoms with E-state index in [-0.39, 0.29) is 18.0 Å². The fourth-order valence-corrected chi connectivity index (χ4v) is 3.54. The zero-order valence-electron chi connectivity index (χ0n) is 14.7. The van der Waals surface area contributed by atoms with Crippen molar-refractivity contribution in [2.75, 3.05) is 7.05 Å². The molecule has 0 aliphatic rings. The molecule has 0 aliphatic heterocycles. The van der Waals surface area contributed by atoms with E-state index in [1.54, 1.807) is 11.3 Å². The highest BCUT2D eigenvalue weighted by Crippen LogP contribution is 2.25. The van der Waals surface area contributed by atoms with Crippen LogP contribution in [0, 0.1) is 13.8 Å². The topological polar surface area (TPSA) is 96.7 Å². The van der Waals surface area contributed by atoms with Crippen molar-refractivity contribution in [2.45, 2.75) is 46.1 Å². The van der Waals surface area contributed by atoms with E-state index in [0.717, 1.165) is 21.7 Å². The Labute approximate surface area is 155 Å². The van der Waals surface area contributed by atoms with Crippen LogP contribution in [0.4, 0.5) is 0 Å². The van der Waals surface area contributed by atoms with Crippen LogP contribution in [0.25, 0.3) is 10.2 Å². The van der Waals surface area contributed by atoms with E-state index in [0.29, 0.717) is 41.8 Å². The first-order chi connectivity index (χ1) is 11.5. The number of H-pyrrole nitrogens is 1. The Morgan fingerprint density at radius 2 is 2.04 bits per heavy atom. The van der Waals surface area contributed by atoms with Crippen LogP contribution in [0.1, 0.15) is 34.9 Å². The number of nitrogens with zero attached hydrogens (tertiary/aromatic N) is 3. The maximum absolute atomic E-state index is 12.3. The Morgan fingerprint density at radius 1 is 1.28 bits per heavy atom. The largest absolute Gasteiger partial charge is 0.339 e. The first-order valence-corrected chi connectivity index (χ1v) is 8.77. The standard InChI is InChI=1S/C16H21N5O2S.ClH/c1-8(17-4)7-12-18-13(23-21-12)6-5-11-19-15(22)14-9(2)10(3)24-16(14)20-11;/h8,17H,5-7H2,1-4H3,(H,19,20,22);1H. The number of thiophene rings is 1. The molecule has 0 aromatic carbocycles. The van der Waals surface area contributed by atoms with Crippen LogP contribution < -0.4 is 10.9 Å². The fourth-order valence-electron chi connectivity index (χ4n) is 2.49. The number of aryl methyl sites for hydroxylation is 4. The second-order valence-corrected chi connectivity index (χ2v) is 7.18. The number of nitrogens with one attached hydrogen (secondary N) is 2. The molecule has 3 aromatic heterocycles. The molecule has 0 saturated heterocycles. The maximum Gasteiger partial charge on any atom is 0.259 e. The summed E-state index contributed by atoms with van der Waals surface area (Å²) >= 11 is 1.55. The number of rotatable bonds is 6. The molecular formula is C16H22ClN5O2S. The zero-order valence-corrected chi connectivity index (χ0v) is 16.3. The summed E-state index contributed by atoms with van der Waals surface area (Å²) < 4.78 is 5.27. The lowest BCUT2D eigenvalue weighted by molar-refractivity contribution is 0.370. The summed E-state index contributed by atoms with van der Waals surface area (Å²) in [6.45, 7) is 6.02. The van der Waals surface area contributed by atoms with Gasteiger partial charge >= 0.3 is 0 Å². The number of aromatic nitrogens is 4. The number of aromatic amines is 1. The molecule has 3 aromatic rings. The van der Waals surface area contributed by atoms with Gasteiger partial charge < -0.3 is 14.8 Å². The third-order valence-electron chi connectivity index (χ3n) is 4.16. The highest BCUT2D eigenvalue weighted by atomic mass is 35.5. The average Bonchev–Trinajstić information content (AvgIpc) is 3.10. The van der Waals surface area contributed by atoms with Gasteiger partial charge in [-0.05, 0) is 33.4 Å². The molecule has 0 aliphatic carbocycles. The molecule has 25 heavy (non-hydrogen) atoms. The van der Waals surface area contributed by atoms with Crippen molar-refractivity contribution in [1.82, 2.24) is 25.4 Å². The first kappa shape index (κ1) is 19.6. The summed E-state index contributed by atoms with van der Waals surface area (Å²) in [5, 5.41) is 7.82. The highest BCUT2D eigenvalue weighted by molar-refractivity contribution is 7.18. The van der Waals surface area contributed by atoms with Crippen LogP contribution in [0.2, 0.25) is 0 Å². The lowest BCUT2D eigenvalue weighted by Gasteiger charge is -2.04. The van der Waals surface area contributed by atoms with Gasteiger partial charge in [-0.15, -0.1) is 23.7 Å². The Bertz CT molecular complexity index is 917. The molecule has 1 atom stereocenters. The predicted octanol–water partition coefficient (Wildman–Crippen LogP) is 2.34. The van der Waals surface area contributed by atoms with E-state index in [1.807, 2.05) is 20.9 Å². The third kappa shape index (κ3) is 4.26. The van der Waals surface area contributed by atoms with Gasteiger partial charge in [0.1, 0.15) is 10.7 Å². The van der Waals surface area contributed by atoms with Crippen LogP contribution >= 0.6 is 23.7 Å². The Balaban J connectivity index is 0.00000225. The molecule has 9 heteroatoms. The monoisotopic (exact) mass is 383 g/mol. The third-order valence-corrected chi connectivity index (χ3v) is 5.26. The minimum absolute atomic E-state index is 0. The van der Waals surface area contributed by atoms with Crippen molar-refractivity contribution in [1.29, 1.82) is 0 Å². The molecule has 0 radical (unpaired) electrons. The molecule has 0 saturated carbocycles.